The monoisotopic (exact) mass is 259 g/mol. The minimum atomic E-state index is -0.349. The van der Waals surface area contributed by atoms with Gasteiger partial charge in [-0.2, -0.15) is 5.10 Å². The van der Waals surface area contributed by atoms with E-state index in [2.05, 4.69) is 25.7 Å². The number of aromatic nitrogens is 3. The summed E-state index contributed by atoms with van der Waals surface area (Å²) in [5.74, 6) is -0.349. The fourth-order valence-corrected chi connectivity index (χ4v) is 1.51. The number of carbonyl (C=O) groups excluding carboxylic acids is 1. The third-order valence-corrected chi connectivity index (χ3v) is 2.54. The summed E-state index contributed by atoms with van der Waals surface area (Å²) in [7, 11) is 0. The van der Waals surface area contributed by atoms with Crippen LogP contribution in [0, 0.1) is 6.92 Å². The van der Waals surface area contributed by atoms with Crippen LogP contribution in [0.15, 0.2) is 34.4 Å². The zero-order valence-electron chi connectivity index (χ0n) is 10.3. The second kappa shape index (κ2) is 5.76. The lowest BCUT2D eigenvalue weighted by molar-refractivity contribution is -0.120. The minimum Gasteiger partial charge on any atom is -0.302 e. The van der Waals surface area contributed by atoms with Gasteiger partial charge in [0.25, 0.3) is 5.56 Å². The Morgan fingerprint density at radius 1 is 1.42 bits per heavy atom. The number of aromatic amines is 2. The number of rotatable bonds is 4. The van der Waals surface area contributed by atoms with Crippen LogP contribution in [0.2, 0.25) is 0 Å². The average Bonchev–Trinajstić information content (AvgIpc) is 2.72. The number of H-pyrrole nitrogens is 2. The number of nitrogens with zero attached hydrogens (tertiary/aromatic N) is 2. The maximum Gasteiger partial charge on any atom is 0.267 e. The molecule has 0 spiro atoms. The van der Waals surface area contributed by atoms with Gasteiger partial charge in [-0.3, -0.25) is 19.7 Å². The van der Waals surface area contributed by atoms with Crippen molar-refractivity contribution in [3.05, 3.63) is 51.7 Å². The Morgan fingerprint density at radius 3 is 2.79 bits per heavy atom. The van der Waals surface area contributed by atoms with Crippen LogP contribution in [0.25, 0.3) is 0 Å². The van der Waals surface area contributed by atoms with Gasteiger partial charge in [-0.1, -0.05) is 0 Å². The van der Waals surface area contributed by atoms with Gasteiger partial charge >= 0.3 is 0 Å². The molecule has 0 unspecified atom stereocenters. The lowest BCUT2D eigenvalue weighted by Gasteiger charge is -1.98. The van der Waals surface area contributed by atoms with E-state index in [-0.39, 0.29) is 17.9 Å². The number of amides is 1. The fraction of sp³-hybridized carbons (Fsp3) is 0.167. The van der Waals surface area contributed by atoms with Crippen molar-refractivity contribution in [1.29, 1.82) is 0 Å². The minimum absolute atomic E-state index is 0.0155. The highest BCUT2D eigenvalue weighted by molar-refractivity contribution is 5.83. The van der Waals surface area contributed by atoms with Gasteiger partial charge in [0.1, 0.15) is 0 Å². The lowest BCUT2D eigenvalue weighted by Crippen LogP contribution is -2.23. The van der Waals surface area contributed by atoms with E-state index in [1.165, 1.54) is 6.21 Å². The summed E-state index contributed by atoms with van der Waals surface area (Å²) in [6, 6.07) is 3.52. The number of hydrazone groups is 1. The quantitative estimate of drug-likeness (QED) is 0.536. The molecule has 0 radical (unpaired) electrons. The number of hydrogen-bond acceptors (Lipinski definition) is 4. The van der Waals surface area contributed by atoms with Crippen LogP contribution in [-0.2, 0) is 11.2 Å². The normalized spacial score (nSPS) is 10.8. The second-order valence-electron chi connectivity index (χ2n) is 3.93. The Kier molecular flexibility index (Phi) is 3.87. The molecule has 0 fully saturated rings. The van der Waals surface area contributed by atoms with E-state index in [0.717, 1.165) is 5.56 Å². The molecule has 0 aliphatic carbocycles. The van der Waals surface area contributed by atoms with Crippen LogP contribution in [0.5, 0.6) is 0 Å². The van der Waals surface area contributed by atoms with Crippen LogP contribution in [0.1, 0.15) is 16.8 Å². The largest absolute Gasteiger partial charge is 0.302 e. The van der Waals surface area contributed by atoms with E-state index in [1.807, 2.05) is 0 Å². The molecule has 3 N–H and O–H groups in total. The Labute approximate surface area is 108 Å². The molecule has 0 saturated carbocycles. The molecule has 2 aromatic rings. The first kappa shape index (κ1) is 12.7. The average molecular weight is 259 g/mol. The molecular weight excluding hydrogens is 246 g/mol. The molecule has 1 amide bonds. The van der Waals surface area contributed by atoms with E-state index in [1.54, 1.807) is 31.5 Å². The van der Waals surface area contributed by atoms with Crippen molar-refractivity contribution >= 4 is 12.1 Å². The first-order valence-corrected chi connectivity index (χ1v) is 5.65. The molecule has 0 saturated heterocycles. The zero-order chi connectivity index (χ0) is 13.7. The lowest BCUT2D eigenvalue weighted by atomic mass is 10.2. The van der Waals surface area contributed by atoms with E-state index < -0.39 is 0 Å². The van der Waals surface area contributed by atoms with Crippen LogP contribution in [0.3, 0.4) is 0 Å². The van der Waals surface area contributed by atoms with E-state index in [9.17, 15) is 9.59 Å². The number of carbonyl (C=O) groups is 1. The van der Waals surface area contributed by atoms with Crippen molar-refractivity contribution in [3.8, 4) is 0 Å². The topological polar surface area (TPSA) is 103 Å². The Morgan fingerprint density at radius 2 is 2.16 bits per heavy atom. The Balaban J connectivity index is 1.92. The fourth-order valence-electron chi connectivity index (χ4n) is 1.51. The molecule has 2 aromatic heterocycles. The summed E-state index contributed by atoms with van der Waals surface area (Å²) in [6.07, 6.45) is 4.75. The number of pyridine rings is 1. The Bertz CT molecular complexity index is 642. The summed E-state index contributed by atoms with van der Waals surface area (Å²) in [5, 5.41) is 8.89. The molecule has 7 heteroatoms. The molecule has 2 heterocycles. The molecule has 0 bridgehead atoms. The third-order valence-electron chi connectivity index (χ3n) is 2.54. The van der Waals surface area contributed by atoms with Crippen molar-refractivity contribution in [2.45, 2.75) is 13.3 Å². The standard InChI is InChI=1S/C12H13N5O2/c1-8-10(12(19)17-15-8)6-11(18)16-14-7-9-2-4-13-5-3-9/h2-5,7H,6H2,1H3,(H,16,18)(H2,15,17,19). The van der Waals surface area contributed by atoms with Gasteiger partial charge in [0.2, 0.25) is 5.91 Å². The molecule has 98 valence electrons. The molecule has 0 aromatic carbocycles. The van der Waals surface area contributed by atoms with Gasteiger partial charge in [-0.05, 0) is 24.6 Å². The summed E-state index contributed by atoms with van der Waals surface area (Å²) in [5.41, 5.74) is 3.97. The maximum absolute atomic E-state index is 11.6. The molecular formula is C12H13N5O2. The van der Waals surface area contributed by atoms with Gasteiger partial charge in [-0.25, -0.2) is 5.43 Å². The first-order valence-electron chi connectivity index (χ1n) is 5.65. The smallest absolute Gasteiger partial charge is 0.267 e. The van der Waals surface area contributed by atoms with Gasteiger partial charge in [0.05, 0.1) is 12.6 Å². The molecule has 0 atom stereocenters. The van der Waals surface area contributed by atoms with Gasteiger partial charge < -0.3 is 5.10 Å². The first-order chi connectivity index (χ1) is 9.16. The van der Waals surface area contributed by atoms with Crippen LogP contribution < -0.4 is 11.0 Å². The summed E-state index contributed by atoms with van der Waals surface area (Å²) >= 11 is 0. The highest BCUT2D eigenvalue weighted by Crippen LogP contribution is 1.97. The summed E-state index contributed by atoms with van der Waals surface area (Å²) < 4.78 is 0. The number of nitrogens with one attached hydrogen (secondary N) is 3. The van der Waals surface area contributed by atoms with E-state index in [4.69, 9.17) is 0 Å². The third kappa shape index (κ3) is 3.38. The van der Waals surface area contributed by atoms with Crippen molar-refractivity contribution < 1.29 is 4.79 Å². The number of aryl methyl sites for hydroxylation is 1. The molecule has 2 rings (SSSR count). The zero-order valence-corrected chi connectivity index (χ0v) is 10.3. The number of hydrogen-bond donors (Lipinski definition) is 3. The van der Waals surface area contributed by atoms with E-state index in [0.29, 0.717) is 11.3 Å². The predicted molar refractivity (Wildman–Crippen MR) is 69.8 cm³/mol. The predicted octanol–water partition coefficient (Wildman–Crippen LogP) is 0.0992. The van der Waals surface area contributed by atoms with E-state index >= 15 is 0 Å². The maximum atomic E-state index is 11.6. The molecule has 19 heavy (non-hydrogen) atoms. The summed E-state index contributed by atoms with van der Waals surface area (Å²) in [4.78, 5) is 26.8. The second-order valence-corrected chi connectivity index (χ2v) is 3.93. The van der Waals surface area contributed by atoms with Crippen molar-refractivity contribution in [1.82, 2.24) is 20.6 Å². The molecule has 0 aliphatic rings. The van der Waals surface area contributed by atoms with Crippen molar-refractivity contribution in [2.75, 3.05) is 0 Å². The van der Waals surface area contributed by atoms with Crippen LogP contribution in [-0.4, -0.2) is 27.3 Å². The van der Waals surface area contributed by atoms with Gasteiger partial charge in [0, 0.05) is 23.7 Å². The van der Waals surface area contributed by atoms with Crippen molar-refractivity contribution in [2.24, 2.45) is 5.10 Å². The van der Waals surface area contributed by atoms with Crippen LogP contribution >= 0.6 is 0 Å². The Hall–Kier alpha value is -2.70. The van der Waals surface area contributed by atoms with Gasteiger partial charge in [0.15, 0.2) is 0 Å². The van der Waals surface area contributed by atoms with Crippen molar-refractivity contribution in [3.63, 3.8) is 0 Å². The summed E-state index contributed by atoms with van der Waals surface area (Å²) in [6.45, 7) is 1.72. The van der Waals surface area contributed by atoms with Gasteiger partial charge in [-0.15, -0.1) is 0 Å². The van der Waals surface area contributed by atoms with Crippen LogP contribution in [0.4, 0.5) is 0 Å². The molecule has 7 nitrogen and oxygen atoms in total. The highest BCUT2D eigenvalue weighted by atomic mass is 16.2. The highest BCUT2D eigenvalue weighted by Gasteiger charge is 2.10. The molecule has 0 aliphatic heterocycles. The SMILES string of the molecule is Cc1[nH][nH]c(=O)c1CC(=O)NN=Cc1ccncc1.